The summed E-state index contributed by atoms with van der Waals surface area (Å²) in [7, 11) is 0. The molecule has 0 spiro atoms. The molecule has 3 N–H and O–H groups in total. The van der Waals surface area contributed by atoms with Gasteiger partial charge in [-0.05, 0) is 30.6 Å². The highest BCUT2D eigenvalue weighted by atomic mass is 35.5. The van der Waals surface area contributed by atoms with E-state index in [1.165, 1.54) is 6.42 Å². The molecule has 4 atom stereocenters. The molecule has 0 unspecified atom stereocenters. The van der Waals surface area contributed by atoms with Gasteiger partial charge in [-0.1, -0.05) is 0 Å². The normalized spacial score (nSPS) is 49.8. The maximum absolute atomic E-state index is 8.83. The van der Waals surface area contributed by atoms with E-state index in [2.05, 4.69) is 0 Å². The summed E-state index contributed by atoms with van der Waals surface area (Å²) in [5, 5.41) is 8.83. The Hall–Kier alpha value is 0.210. The van der Waals surface area contributed by atoms with Crippen molar-refractivity contribution in [1.82, 2.24) is 0 Å². The molecule has 0 aliphatic heterocycles. The highest BCUT2D eigenvalue weighted by Gasteiger charge is 2.52. The highest BCUT2D eigenvalue weighted by Crippen LogP contribution is 2.54. The monoisotopic (exact) mass is 163 g/mol. The van der Waals surface area contributed by atoms with Crippen LogP contribution in [0.2, 0.25) is 0 Å². The third-order valence-electron chi connectivity index (χ3n) is 2.86. The van der Waals surface area contributed by atoms with Crippen molar-refractivity contribution in [3.8, 4) is 0 Å². The first kappa shape index (κ1) is 8.31. The summed E-state index contributed by atoms with van der Waals surface area (Å²) in [5.74, 6) is 2.12. The van der Waals surface area contributed by atoms with Crippen LogP contribution in [0.15, 0.2) is 0 Å². The number of nitrogens with two attached hydrogens (primary N) is 1. The number of aliphatic hydroxyl groups excluding tert-OH is 1. The van der Waals surface area contributed by atoms with Crippen molar-refractivity contribution in [1.29, 1.82) is 0 Å². The Labute approximate surface area is 67.2 Å². The first-order valence-corrected chi connectivity index (χ1v) is 3.69. The van der Waals surface area contributed by atoms with E-state index in [0.717, 1.165) is 18.3 Å². The number of hydrogen-bond donors (Lipinski definition) is 2. The predicted molar refractivity (Wildman–Crippen MR) is 42.0 cm³/mol. The largest absolute Gasteiger partial charge is 0.396 e. The predicted octanol–water partition coefficient (Wildman–Crippen LogP) is 0.384. The Balaban J connectivity index is 0.000000500. The van der Waals surface area contributed by atoms with Crippen molar-refractivity contribution in [3.05, 3.63) is 0 Å². The molecule has 0 amide bonds. The quantitative estimate of drug-likeness (QED) is 0.588. The van der Waals surface area contributed by atoms with Crippen LogP contribution in [0.4, 0.5) is 0 Å². The minimum atomic E-state index is 0. The van der Waals surface area contributed by atoms with E-state index in [4.69, 9.17) is 10.8 Å². The van der Waals surface area contributed by atoms with Crippen LogP contribution in [0.25, 0.3) is 0 Å². The zero-order valence-corrected chi connectivity index (χ0v) is 6.68. The Morgan fingerprint density at radius 2 is 2.00 bits per heavy atom. The smallest absolute Gasteiger partial charge is 0.0462 e. The second kappa shape index (κ2) is 2.68. The number of fused-ring (bicyclic) bond motifs is 1. The lowest BCUT2D eigenvalue weighted by molar-refractivity contribution is 0.213. The Morgan fingerprint density at radius 1 is 1.30 bits per heavy atom. The lowest BCUT2D eigenvalue weighted by atomic mass is 10.0. The first-order chi connectivity index (χ1) is 4.33. The van der Waals surface area contributed by atoms with Gasteiger partial charge in [-0.3, -0.25) is 0 Å². The van der Waals surface area contributed by atoms with Gasteiger partial charge in [0.1, 0.15) is 0 Å². The Kier molecular flexibility index (Phi) is 2.23. The van der Waals surface area contributed by atoms with Crippen LogP contribution in [-0.4, -0.2) is 17.8 Å². The molecule has 0 aromatic rings. The fourth-order valence-corrected chi connectivity index (χ4v) is 2.18. The summed E-state index contributed by atoms with van der Waals surface area (Å²) in [6, 6.07) is 0.409. The van der Waals surface area contributed by atoms with Crippen molar-refractivity contribution >= 4 is 12.4 Å². The van der Waals surface area contributed by atoms with Crippen LogP contribution in [-0.2, 0) is 0 Å². The van der Waals surface area contributed by atoms with Gasteiger partial charge in [0.2, 0.25) is 0 Å². The second-order valence-corrected chi connectivity index (χ2v) is 3.41. The Bertz CT molecular complexity index is 131. The van der Waals surface area contributed by atoms with Gasteiger partial charge in [0.05, 0.1) is 0 Å². The third-order valence-corrected chi connectivity index (χ3v) is 2.86. The molecule has 2 aliphatic carbocycles. The average Bonchev–Trinajstić information content (AvgIpc) is 2.56. The molecule has 0 aromatic carbocycles. The van der Waals surface area contributed by atoms with Gasteiger partial charge in [0.25, 0.3) is 0 Å². The maximum Gasteiger partial charge on any atom is 0.0462 e. The molecule has 2 fully saturated rings. The molecule has 2 saturated carbocycles. The molecule has 3 heteroatoms. The summed E-state index contributed by atoms with van der Waals surface area (Å²) in [4.78, 5) is 0. The van der Waals surface area contributed by atoms with Gasteiger partial charge in [-0.2, -0.15) is 0 Å². The third kappa shape index (κ3) is 1.04. The molecular weight excluding hydrogens is 150 g/mol. The highest BCUT2D eigenvalue weighted by molar-refractivity contribution is 5.85. The van der Waals surface area contributed by atoms with E-state index in [0.29, 0.717) is 18.6 Å². The zero-order chi connectivity index (χ0) is 6.43. The summed E-state index contributed by atoms with van der Waals surface area (Å²) in [6.45, 7) is 0.356. The minimum absolute atomic E-state index is 0. The van der Waals surface area contributed by atoms with Crippen molar-refractivity contribution in [3.63, 3.8) is 0 Å². The molecule has 0 bridgehead atoms. The fraction of sp³-hybridized carbons (Fsp3) is 1.00. The van der Waals surface area contributed by atoms with E-state index >= 15 is 0 Å². The zero-order valence-electron chi connectivity index (χ0n) is 5.86. The van der Waals surface area contributed by atoms with Crippen LogP contribution in [0, 0.1) is 17.8 Å². The lowest BCUT2D eigenvalue weighted by Crippen LogP contribution is -2.20. The van der Waals surface area contributed by atoms with Gasteiger partial charge >= 0.3 is 0 Å². The SMILES string of the molecule is Cl.N[C@H]1C[C@@H](CO)[C@@H]2C[C@@H]21. The van der Waals surface area contributed by atoms with Crippen molar-refractivity contribution in [2.24, 2.45) is 23.5 Å². The molecule has 2 nitrogen and oxygen atoms in total. The summed E-state index contributed by atoms with van der Waals surface area (Å²) in [6.07, 6.45) is 2.35. The molecule has 0 radical (unpaired) electrons. The van der Waals surface area contributed by atoms with Gasteiger partial charge < -0.3 is 10.8 Å². The molecular formula is C7H14ClNO. The minimum Gasteiger partial charge on any atom is -0.396 e. The Morgan fingerprint density at radius 3 is 2.20 bits per heavy atom. The molecule has 0 saturated heterocycles. The van der Waals surface area contributed by atoms with Crippen LogP contribution in [0.1, 0.15) is 12.8 Å². The van der Waals surface area contributed by atoms with E-state index in [1.807, 2.05) is 0 Å². The van der Waals surface area contributed by atoms with Crippen LogP contribution in [0.3, 0.4) is 0 Å². The van der Waals surface area contributed by atoms with Crippen molar-refractivity contribution < 1.29 is 5.11 Å². The topological polar surface area (TPSA) is 46.2 Å². The van der Waals surface area contributed by atoms with E-state index < -0.39 is 0 Å². The summed E-state index contributed by atoms with van der Waals surface area (Å²) >= 11 is 0. The van der Waals surface area contributed by atoms with Crippen molar-refractivity contribution in [2.75, 3.05) is 6.61 Å². The summed E-state index contributed by atoms with van der Waals surface area (Å²) in [5.41, 5.74) is 5.77. The number of halogens is 1. The van der Waals surface area contributed by atoms with Crippen LogP contribution < -0.4 is 5.73 Å². The van der Waals surface area contributed by atoms with Gasteiger partial charge in [0, 0.05) is 12.6 Å². The van der Waals surface area contributed by atoms with Crippen LogP contribution >= 0.6 is 12.4 Å². The maximum atomic E-state index is 8.83. The molecule has 0 aromatic heterocycles. The number of hydrogen-bond acceptors (Lipinski definition) is 2. The molecule has 10 heavy (non-hydrogen) atoms. The average molecular weight is 164 g/mol. The first-order valence-electron chi connectivity index (χ1n) is 3.69. The van der Waals surface area contributed by atoms with Gasteiger partial charge in [-0.25, -0.2) is 0 Å². The van der Waals surface area contributed by atoms with Crippen molar-refractivity contribution in [2.45, 2.75) is 18.9 Å². The molecule has 2 rings (SSSR count). The fourth-order valence-electron chi connectivity index (χ4n) is 2.18. The van der Waals surface area contributed by atoms with E-state index in [1.54, 1.807) is 0 Å². The van der Waals surface area contributed by atoms with E-state index in [9.17, 15) is 0 Å². The second-order valence-electron chi connectivity index (χ2n) is 3.41. The summed E-state index contributed by atoms with van der Waals surface area (Å²) < 4.78 is 0. The molecule has 2 aliphatic rings. The molecule has 60 valence electrons. The van der Waals surface area contributed by atoms with Gasteiger partial charge in [0.15, 0.2) is 0 Å². The number of aliphatic hydroxyl groups is 1. The van der Waals surface area contributed by atoms with Gasteiger partial charge in [-0.15, -0.1) is 12.4 Å². The standard InChI is InChI=1S/C7H13NO.ClH/c8-7-1-4(3-9)5-2-6(5)7;/h4-7,9H,1-3,8H2;1H/t4-,5-,6-,7-;/m0./s1. The van der Waals surface area contributed by atoms with E-state index in [-0.39, 0.29) is 12.4 Å². The molecule has 0 heterocycles. The lowest BCUT2D eigenvalue weighted by Gasteiger charge is -2.08. The number of rotatable bonds is 1. The van der Waals surface area contributed by atoms with Crippen LogP contribution in [0.5, 0.6) is 0 Å².